The Labute approximate surface area is 122 Å². The fourth-order valence-corrected chi connectivity index (χ4v) is 3.72. The van der Waals surface area contributed by atoms with E-state index in [1.54, 1.807) is 0 Å². The van der Waals surface area contributed by atoms with E-state index in [-0.39, 0.29) is 10.8 Å². The normalized spacial score (nSPS) is 13.4. The molecule has 1 N–H and O–H groups in total. The fraction of sp³-hybridized carbons (Fsp3) is 0.538. The van der Waals surface area contributed by atoms with Crippen LogP contribution in [0.3, 0.4) is 0 Å². The number of hydrogen-bond donors (Lipinski definition) is 1. The van der Waals surface area contributed by atoms with E-state index >= 15 is 0 Å². The third-order valence-corrected chi connectivity index (χ3v) is 4.82. The summed E-state index contributed by atoms with van der Waals surface area (Å²) < 4.78 is 40.0. The maximum atomic E-state index is 13.5. The molecule has 0 saturated carbocycles. The van der Waals surface area contributed by atoms with Crippen LogP contribution in [0.5, 0.6) is 0 Å². The van der Waals surface area contributed by atoms with Gasteiger partial charge in [0.15, 0.2) is 0 Å². The highest BCUT2D eigenvalue weighted by Crippen LogP contribution is 2.16. The van der Waals surface area contributed by atoms with Gasteiger partial charge in [-0.05, 0) is 30.9 Å². The van der Waals surface area contributed by atoms with Gasteiger partial charge < -0.3 is 0 Å². The number of rotatable bonds is 8. The zero-order valence-electron chi connectivity index (χ0n) is 10.9. The molecule has 0 bridgehead atoms. The number of alkyl halides is 1. The van der Waals surface area contributed by atoms with Gasteiger partial charge in [0.25, 0.3) is 0 Å². The standard InChI is InChI=1S/C13H19BrFNO2S/c1-2-5-11(8-9-14)10-16-19(17,18)13-7-4-3-6-12(13)15/h3-4,6-7,11,16H,2,5,8-10H2,1H3. The topological polar surface area (TPSA) is 46.2 Å². The summed E-state index contributed by atoms with van der Waals surface area (Å²) in [6.45, 7) is 2.41. The zero-order valence-corrected chi connectivity index (χ0v) is 13.3. The van der Waals surface area contributed by atoms with E-state index < -0.39 is 15.8 Å². The predicted octanol–water partition coefficient (Wildman–Crippen LogP) is 3.31. The Hall–Kier alpha value is -0.460. The van der Waals surface area contributed by atoms with E-state index in [4.69, 9.17) is 0 Å². The van der Waals surface area contributed by atoms with Crippen molar-refractivity contribution in [3.63, 3.8) is 0 Å². The summed E-state index contributed by atoms with van der Waals surface area (Å²) in [5, 5.41) is 0.832. The highest BCUT2D eigenvalue weighted by molar-refractivity contribution is 9.09. The minimum absolute atomic E-state index is 0.269. The van der Waals surface area contributed by atoms with Crippen LogP contribution >= 0.6 is 15.9 Å². The molecule has 0 saturated heterocycles. The Morgan fingerprint density at radius 2 is 2.00 bits per heavy atom. The maximum Gasteiger partial charge on any atom is 0.243 e. The Balaban J connectivity index is 2.72. The second kappa shape index (κ2) is 7.97. The molecule has 0 aliphatic heterocycles. The summed E-state index contributed by atoms with van der Waals surface area (Å²) in [5.74, 6) is -0.451. The molecule has 0 aliphatic carbocycles. The number of hydrogen-bond acceptors (Lipinski definition) is 2. The number of sulfonamides is 1. The summed E-state index contributed by atoms with van der Waals surface area (Å²) in [4.78, 5) is -0.288. The molecule has 0 amide bonds. The highest BCUT2D eigenvalue weighted by Gasteiger charge is 2.19. The van der Waals surface area contributed by atoms with Crippen LogP contribution in [-0.4, -0.2) is 20.3 Å². The largest absolute Gasteiger partial charge is 0.243 e. The van der Waals surface area contributed by atoms with E-state index in [0.29, 0.717) is 6.54 Å². The molecule has 0 fully saturated rings. The molecule has 1 aromatic rings. The lowest BCUT2D eigenvalue weighted by Crippen LogP contribution is -2.30. The second-order valence-electron chi connectivity index (χ2n) is 4.41. The van der Waals surface area contributed by atoms with Crippen molar-refractivity contribution < 1.29 is 12.8 Å². The van der Waals surface area contributed by atoms with Crippen LogP contribution in [0.15, 0.2) is 29.2 Å². The molecule has 1 unspecified atom stereocenters. The quantitative estimate of drug-likeness (QED) is 0.730. The van der Waals surface area contributed by atoms with Crippen molar-refractivity contribution in [2.75, 3.05) is 11.9 Å². The van der Waals surface area contributed by atoms with Gasteiger partial charge in [-0.2, -0.15) is 0 Å². The Kier molecular flexibility index (Phi) is 6.96. The summed E-state index contributed by atoms with van der Waals surface area (Å²) in [5.41, 5.74) is 0. The van der Waals surface area contributed by atoms with Crippen molar-refractivity contribution in [2.45, 2.75) is 31.1 Å². The number of nitrogens with one attached hydrogen (secondary N) is 1. The summed E-state index contributed by atoms with van der Waals surface area (Å²) >= 11 is 3.36. The average molecular weight is 352 g/mol. The average Bonchev–Trinajstić information content (AvgIpc) is 2.37. The second-order valence-corrected chi connectivity index (χ2v) is 6.94. The Morgan fingerprint density at radius 1 is 1.32 bits per heavy atom. The van der Waals surface area contributed by atoms with Crippen molar-refractivity contribution in [1.82, 2.24) is 4.72 Å². The molecule has 0 aromatic heterocycles. The fourth-order valence-electron chi connectivity index (χ4n) is 1.88. The third-order valence-electron chi connectivity index (χ3n) is 2.90. The first-order valence-electron chi connectivity index (χ1n) is 6.31. The Bertz CT molecular complexity index is 487. The van der Waals surface area contributed by atoms with Gasteiger partial charge in [-0.15, -0.1) is 0 Å². The lowest BCUT2D eigenvalue weighted by Gasteiger charge is -2.16. The molecule has 1 atom stereocenters. The molecule has 0 spiro atoms. The van der Waals surface area contributed by atoms with Crippen LogP contribution < -0.4 is 4.72 Å². The van der Waals surface area contributed by atoms with Crippen molar-refractivity contribution in [1.29, 1.82) is 0 Å². The van der Waals surface area contributed by atoms with Crippen LogP contribution in [0.2, 0.25) is 0 Å². The smallest absolute Gasteiger partial charge is 0.211 e. The van der Waals surface area contributed by atoms with E-state index in [0.717, 1.165) is 30.7 Å². The first kappa shape index (κ1) is 16.6. The molecule has 6 heteroatoms. The number of benzene rings is 1. The van der Waals surface area contributed by atoms with Gasteiger partial charge in [0.05, 0.1) is 0 Å². The monoisotopic (exact) mass is 351 g/mol. The van der Waals surface area contributed by atoms with E-state index in [1.807, 2.05) is 0 Å². The lowest BCUT2D eigenvalue weighted by atomic mass is 10.0. The van der Waals surface area contributed by atoms with E-state index in [1.165, 1.54) is 18.2 Å². The van der Waals surface area contributed by atoms with Gasteiger partial charge in [0.1, 0.15) is 10.7 Å². The molecule has 0 aliphatic rings. The summed E-state index contributed by atoms with van der Waals surface area (Å²) in [6, 6.07) is 5.41. The van der Waals surface area contributed by atoms with Crippen LogP contribution in [0.4, 0.5) is 4.39 Å². The van der Waals surface area contributed by atoms with Crippen LogP contribution in [0.1, 0.15) is 26.2 Å². The van der Waals surface area contributed by atoms with Gasteiger partial charge in [-0.1, -0.05) is 41.4 Å². The van der Waals surface area contributed by atoms with Crippen molar-refractivity contribution in [3.05, 3.63) is 30.1 Å². The molecule has 0 heterocycles. The molecule has 19 heavy (non-hydrogen) atoms. The molecule has 1 aromatic carbocycles. The molecule has 1 rings (SSSR count). The molecule has 108 valence electrons. The lowest BCUT2D eigenvalue weighted by molar-refractivity contribution is 0.457. The molecule has 3 nitrogen and oxygen atoms in total. The molecular formula is C13H19BrFNO2S. The van der Waals surface area contributed by atoms with Crippen LogP contribution in [-0.2, 0) is 10.0 Å². The third kappa shape index (κ3) is 5.20. The van der Waals surface area contributed by atoms with Crippen molar-refractivity contribution in [3.8, 4) is 0 Å². The van der Waals surface area contributed by atoms with Gasteiger partial charge >= 0.3 is 0 Å². The SMILES string of the molecule is CCCC(CCBr)CNS(=O)(=O)c1ccccc1F. The molecular weight excluding hydrogens is 333 g/mol. The van der Waals surface area contributed by atoms with Gasteiger partial charge in [0, 0.05) is 11.9 Å². The van der Waals surface area contributed by atoms with E-state index in [2.05, 4.69) is 27.6 Å². The predicted molar refractivity (Wildman–Crippen MR) is 78.4 cm³/mol. The van der Waals surface area contributed by atoms with E-state index in [9.17, 15) is 12.8 Å². The minimum Gasteiger partial charge on any atom is -0.211 e. The zero-order chi connectivity index (χ0) is 14.3. The van der Waals surface area contributed by atoms with Gasteiger partial charge in [0.2, 0.25) is 10.0 Å². The van der Waals surface area contributed by atoms with Crippen LogP contribution in [0, 0.1) is 11.7 Å². The minimum atomic E-state index is -3.76. The summed E-state index contributed by atoms with van der Waals surface area (Å²) in [7, 11) is -3.76. The summed E-state index contributed by atoms with van der Waals surface area (Å²) in [6.07, 6.45) is 2.85. The van der Waals surface area contributed by atoms with Gasteiger partial charge in [-0.3, -0.25) is 0 Å². The first-order valence-corrected chi connectivity index (χ1v) is 8.92. The van der Waals surface area contributed by atoms with Crippen molar-refractivity contribution >= 4 is 26.0 Å². The maximum absolute atomic E-state index is 13.5. The first-order chi connectivity index (χ1) is 9.01. The van der Waals surface area contributed by atoms with Crippen LogP contribution in [0.25, 0.3) is 0 Å². The van der Waals surface area contributed by atoms with Gasteiger partial charge in [-0.25, -0.2) is 17.5 Å². The Morgan fingerprint density at radius 3 is 2.58 bits per heavy atom. The molecule has 0 radical (unpaired) electrons. The van der Waals surface area contributed by atoms with Crippen molar-refractivity contribution in [2.24, 2.45) is 5.92 Å². The number of halogens is 2. The highest BCUT2D eigenvalue weighted by atomic mass is 79.9.